The Kier molecular flexibility index (Phi) is 11.6. The fraction of sp³-hybridized carbons (Fsp3) is 0.396. The second-order valence-corrected chi connectivity index (χ2v) is 18.1. The van der Waals surface area contributed by atoms with E-state index in [4.69, 9.17) is 24.2 Å². The largest absolute Gasteiger partial charge is 0.496 e. The first kappa shape index (κ1) is 40.5. The molecule has 6 saturated heterocycles. The van der Waals surface area contributed by atoms with Crippen molar-refractivity contribution in [2.24, 2.45) is 23.7 Å². The Labute approximate surface area is 356 Å². The Hall–Kier alpha value is -4.92. The highest BCUT2D eigenvalue weighted by molar-refractivity contribution is 5.83. The zero-order valence-electron chi connectivity index (χ0n) is 35.4. The Morgan fingerprint density at radius 3 is 1.53 bits per heavy atom. The van der Waals surface area contributed by atoms with Gasteiger partial charge in [0.1, 0.15) is 43.1 Å². The van der Waals surface area contributed by atoms with Gasteiger partial charge >= 0.3 is 0 Å². The smallest absolute Gasteiger partial charge is 0.136 e. The van der Waals surface area contributed by atoms with Crippen molar-refractivity contribution in [3.8, 4) is 5.75 Å². The molecule has 2 aromatic heterocycles. The zero-order chi connectivity index (χ0) is 41.3. The Morgan fingerprint density at radius 2 is 1.10 bits per heavy atom. The van der Waals surface area contributed by atoms with Crippen LogP contribution < -0.4 is 4.74 Å². The van der Waals surface area contributed by atoms with Crippen LogP contribution >= 0.6 is 0 Å². The molecule has 7 heteroatoms. The average Bonchev–Trinajstić information content (AvgIpc) is 3.29. The van der Waals surface area contributed by atoms with E-state index in [0.717, 1.165) is 88.6 Å². The van der Waals surface area contributed by atoms with Crippen molar-refractivity contribution >= 4 is 21.8 Å². The fourth-order valence-corrected chi connectivity index (χ4v) is 12.4. The topological polar surface area (TPSA) is 53.5 Å². The average molecular weight is 803 g/mol. The third-order valence-electron chi connectivity index (χ3n) is 15.2. The second kappa shape index (κ2) is 17.2. The van der Waals surface area contributed by atoms with Crippen LogP contribution in [0.1, 0.15) is 60.1 Å². The first-order chi connectivity index (χ1) is 29.4. The van der Waals surface area contributed by atoms with Crippen LogP contribution in [0.5, 0.6) is 5.75 Å². The van der Waals surface area contributed by atoms with Gasteiger partial charge in [-0.1, -0.05) is 66.8 Å². The van der Waals surface area contributed by atoms with E-state index in [0.29, 0.717) is 36.9 Å². The molecule has 4 bridgehead atoms. The third kappa shape index (κ3) is 7.23. The molecule has 5 aromatic rings. The number of piperidine rings is 6. The van der Waals surface area contributed by atoms with E-state index >= 15 is 0 Å². The lowest BCUT2D eigenvalue weighted by Crippen LogP contribution is -2.68. The number of ether oxygens (including phenoxy) is 3. The molecule has 7 nitrogen and oxygen atoms in total. The number of pyridine rings is 2. The fourth-order valence-electron chi connectivity index (χ4n) is 12.4. The molecule has 6 aliphatic heterocycles. The number of fused-ring (bicyclic) bond motifs is 8. The van der Waals surface area contributed by atoms with Crippen LogP contribution in [-0.2, 0) is 22.6 Å². The van der Waals surface area contributed by atoms with Gasteiger partial charge in [-0.2, -0.15) is 0 Å². The van der Waals surface area contributed by atoms with Crippen molar-refractivity contribution in [1.29, 1.82) is 0 Å². The van der Waals surface area contributed by atoms with Crippen LogP contribution in [-0.4, -0.2) is 77.5 Å². The van der Waals surface area contributed by atoms with E-state index in [1.54, 1.807) is 0 Å². The summed E-state index contributed by atoms with van der Waals surface area (Å²) >= 11 is 0. The minimum Gasteiger partial charge on any atom is -0.496 e. The van der Waals surface area contributed by atoms with Crippen molar-refractivity contribution < 1.29 is 23.2 Å². The molecule has 6 aliphatic rings. The quantitative estimate of drug-likeness (QED) is 0.0692. The first-order valence-electron chi connectivity index (χ1n) is 22.2. The maximum absolute atomic E-state index is 6.92. The molecule has 10 atom stereocenters. The molecular weight excluding hydrogens is 741 g/mol. The summed E-state index contributed by atoms with van der Waals surface area (Å²) in [4.78, 5) is 9.48. The Morgan fingerprint density at radius 1 is 0.633 bits per heavy atom. The van der Waals surface area contributed by atoms with Crippen LogP contribution in [0.4, 0.5) is 0 Å². The number of rotatable bonds is 17. The SMILES string of the molecule is C=CCO[C@H](c1ccnc2ccccc12)[C@H]1C[C@@H]2CC[N@@+]1(Cc1cccc(C[N@@+]34CC[C@@H](C[C@@H]3[C@H](OCC=C)c3ccnc5ccccc35)[C@@H](C=C)C4)c1OC)C[C@@H]2C=C. The van der Waals surface area contributed by atoms with Gasteiger partial charge in [0.2, 0.25) is 0 Å². The standard InChI is InChI=1S/C53H62N4O3/c1-6-29-59-52(45-21-25-54-47-19-12-10-17-43(45)47)49-31-39-23-27-56(49,33-37(39)8-3)35-41-15-14-16-42(51(41)58-5)36-57-28-24-40(38(9-4)34-57)32-50(57)53(60-30-7-2)46-22-26-55-48-20-13-11-18-44(46)48/h6-22,25-26,37-40,49-50,52-53H,1-4,23-24,27-36H2,5H3/q+2/t37-,38-,39-,40-,49+,50+,52+,53+,56-,57-/m0/s1. The molecule has 6 fully saturated rings. The molecule has 0 unspecified atom stereocenters. The zero-order valence-corrected chi connectivity index (χ0v) is 35.4. The number of quaternary nitrogens is 2. The van der Waals surface area contributed by atoms with E-state index < -0.39 is 0 Å². The van der Waals surface area contributed by atoms with Gasteiger partial charge in [0.25, 0.3) is 0 Å². The molecule has 310 valence electrons. The monoisotopic (exact) mass is 802 g/mol. The number of hydrogen-bond acceptors (Lipinski definition) is 5. The highest BCUT2D eigenvalue weighted by atomic mass is 16.5. The summed E-state index contributed by atoms with van der Waals surface area (Å²) in [5.41, 5.74) is 6.98. The number of nitrogens with zero attached hydrogens (tertiary/aromatic N) is 4. The van der Waals surface area contributed by atoms with Crippen LogP contribution in [0.2, 0.25) is 0 Å². The van der Waals surface area contributed by atoms with Crippen molar-refractivity contribution in [2.75, 3.05) is 46.5 Å². The maximum Gasteiger partial charge on any atom is 0.136 e. The van der Waals surface area contributed by atoms with Crippen molar-refractivity contribution in [2.45, 2.75) is 63.1 Å². The third-order valence-corrected chi connectivity index (χ3v) is 15.2. The summed E-state index contributed by atoms with van der Waals surface area (Å²) < 4.78 is 22.3. The molecular formula is C53H62N4O3+2. The molecule has 0 saturated carbocycles. The van der Waals surface area contributed by atoms with Gasteiger partial charge in [-0.15, -0.1) is 26.3 Å². The van der Waals surface area contributed by atoms with Gasteiger partial charge in [0, 0.05) is 71.8 Å². The molecule has 11 rings (SSSR count). The molecule has 0 radical (unpaired) electrons. The Bertz CT molecular complexity index is 2210. The number of aromatic nitrogens is 2. The lowest BCUT2D eigenvalue weighted by atomic mass is 9.70. The van der Waals surface area contributed by atoms with Crippen LogP contribution in [0.25, 0.3) is 21.8 Å². The number of methoxy groups -OCH3 is 1. The number of hydrogen-bond donors (Lipinski definition) is 0. The van der Waals surface area contributed by atoms with Gasteiger partial charge < -0.3 is 23.2 Å². The maximum atomic E-state index is 6.92. The number of benzene rings is 3. The molecule has 0 amide bonds. The van der Waals surface area contributed by atoms with E-state index in [-0.39, 0.29) is 24.3 Å². The highest BCUT2D eigenvalue weighted by Crippen LogP contribution is 2.52. The second-order valence-electron chi connectivity index (χ2n) is 18.1. The summed E-state index contributed by atoms with van der Waals surface area (Å²) in [5.74, 6) is 3.12. The number of para-hydroxylation sites is 3. The van der Waals surface area contributed by atoms with Crippen LogP contribution in [0.15, 0.2) is 142 Å². The molecule has 0 N–H and O–H groups in total. The van der Waals surface area contributed by atoms with Gasteiger partial charge in [-0.3, -0.25) is 9.97 Å². The predicted molar refractivity (Wildman–Crippen MR) is 242 cm³/mol. The van der Waals surface area contributed by atoms with E-state index in [1.165, 1.54) is 35.1 Å². The van der Waals surface area contributed by atoms with E-state index in [1.807, 2.05) is 31.7 Å². The minimum atomic E-state index is -0.111. The van der Waals surface area contributed by atoms with Gasteiger partial charge in [0.15, 0.2) is 0 Å². The predicted octanol–water partition coefficient (Wildman–Crippen LogP) is 10.5. The molecule has 60 heavy (non-hydrogen) atoms. The van der Waals surface area contributed by atoms with E-state index in [2.05, 4.69) is 117 Å². The summed E-state index contributed by atoms with van der Waals surface area (Å²) in [5, 5.41) is 2.33. The van der Waals surface area contributed by atoms with Gasteiger partial charge in [-0.25, -0.2) is 0 Å². The van der Waals surface area contributed by atoms with Crippen molar-refractivity contribution in [3.05, 3.63) is 164 Å². The van der Waals surface area contributed by atoms with Crippen LogP contribution in [0, 0.1) is 23.7 Å². The van der Waals surface area contributed by atoms with Crippen molar-refractivity contribution in [3.63, 3.8) is 0 Å². The first-order valence-corrected chi connectivity index (χ1v) is 22.2. The van der Waals surface area contributed by atoms with Gasteiger partial charge in [-0.05, 0) is 59.4 Å². The molecule has 0 spiro atoms. The lowest BCUT2D eigenvalue weighted by Gasteiger charge is -2.59. The normalized spacial score (nSPS) is 29.2. The molecule has 3 aromatic carbocycles. The van der Waals surface area contributed by atoms with Crippen LogP contribution in [0.3, 0.4) is 0 Å². The summed E-state index contributed by atoms with van der Waals surface area (Å²) in [6, 6.07) is 28.8. The molecule has 0 aliphatic carbocycles. The summed E-state index contributed by atoms with van der Waals surface area (Å²) in [7, 11) is 1.87. The minimum absolute atomic E-state index is 0.111. The summed E-state index contributed by atoms with van der Waals surface area (Å²) in [6.45, 7) is 23.8. The Balaban J connectivity index is 1.11. The van der Waals surface area contributed by atoms with E-state index in [9.17, 15) is 0 Å². The van der Waals surface area contributed by atoms with Crippen molar-refractivity contribution in [1.82, 2.24) is 9.97 Å². The molecule has 8 heterocycles. The lowest BCUT2D eigenvalue weighted by molar-refractivity contribution is -0.985. The highest BCUT2D eigenvalue weighted by Gasteiger charge is 2.57. The van der Waals surface area contributed by atoms with Gasteiger partial charge in [0.05, 0.1) is 57.5 Å². The summed E-state index contributed by atoms with van der Waals surface area (Å²) in [6.07, 6.45) is 16.4.